The van der Waals surface area contributed by atoms with Crippen LogP contribution in [0.1, 0.15) is 22.3 Å². The normalized spacial score (nSPS) is 10.9. The molecule has 0 unspecified atom stereocenters. The molecule has 1 aromatic carbocycles. The summed E-state index contributed by atoms with van der Waals surface area (Å²) >= 11 is 1.52. The molecule has 0 fully saturated rings. The average molecular weight is 296 g/mol. The van der Waals surface area contributed by atoms with Crippen LogP contribution in [-0.2, 0) is 13.0 Å². The van der Waals surface area contributed by atoms with Crippen LogP contribution in [-0.4, -0.2) is 15.3 Å². The van der Waals surface area contributed by atoms with Gasteiger partial charge in [0.05, 0.1) is 6.42 Å². The lowest BCUT2D eigenvalue weighted by molar-refractivity contribution is 0.0994. The lowest BCUT2D eigenvalue weighted by atomic mass is 10.1. The first-order valence-electron chi connectivity index (χ1n) is 6.79. The number of Topliss-reactive ketones (excluding diaryl/α,β-unsaturated/α-hetero) is 1. The number of hydrogen-bond acceptors (Lipinski definition) is 3. The van der Waals surface area contributed by atoms with Crippen LogP contribution < -0.4 is 0 Å². The molecule has 0 aliphatic carbocycles. The number of allylic oxidation sites excluding steroid dienone is 1. The number of fused-ring (bicyclic) bond motifs is 1. The molecule has 3 rings (SSSR count). The van der Waals surface area contributed by atoms with Crippen LogP contribution in [0.2, 0.25) is 0 Å². The Morgan fingerprint density at radius 2 is 2.19 bits per heavy atom. The fourth-order valence-corrected chi connectivity index (χ4v) is 3.08. The zero-order chi connectivity index (χ0) is 14.8. The topological polar surface area (TPSA) is 34.9 Å². The molecule has 0 radical (unpaired) electrons. The Hall–Kier alpha value is -2.20. The third kappa shape index (κ3) is 2.81. The number of rotatable bonds is 5. The van der Waals surface area contributed by atoms with Gasteiger partial charge in [-0.1, -0.05) is 30.4 Å². The third-order valence-corrected chi connectivity index (χ3v) is 4.10. The van der Waals surface area contributed by atoms with Crippen molar-refractivity contribution in [3.63, 3.8) is 0 Å². The summed E-state index contributed by atoms with van der Waals surface area (Å²) in [6.45, 7) is 6.68. The second-order valence-electron chi connectivity index (χ2n) is 5.17. The van der Waals surface area contributed by atoms with Crippen LogP contribution in [0.5, 0.6) is 0 Å². The fourth-order valence-electron chi connectivity index (χ4n) is 2.46. The highest BCUT2D eigenvalue weighted by molar-refractivity contribution is 7.09. The molecule has 0 aliphatic heterocycles. The molecule has 0 N–H and O–H groups in total. The van der Waals surface area contributed by atoms with Crippen molar-refractivity contribution in [3.8, 4) is 0 Å². The Kier molecular flexibility index (Phi) is 3.71. The van der Waals surface area contributed by atoms with E-state index in [-0.39, 0.29) is 5.78 Å². The lowest BCUT2D eigenvalue weighted by Gasteiger charge is -2.03. The number of carbonyl (C=O) groups is 1. The van der Waals surface area contributed by atoms with Crippen molar-refractivity contribution in [2.45, 2.75) is 19.9 Å². The highest BCUT2D eigenvalue weighted by Crippen LogP contribution is 2.24. The maximum absolute atomic E-state index is 12.6. The van der Waals surface area contributed by atoms with Crippen LogP contribution in [0.4, 0.5) is 0 Å². The van der Waals surface area contributed by atoms with Crippen molar-refractivity contribution in [2.24, 2.45) is 0 Å². The molecule has 2 heterocycles. The summed E-state index contributed by atoms with van der Waals surface area (Å²) in [7, 11) is 0. The molecular formula is C17H16N2OS. The van der Waals surface area contributed by atoms with Crippen LogP contribution in [0.25, 0.3) is 10.9 Å². The van der Waals surface area contributed by atoms with Gasteiger partial charge in [-0.15, -0.1) is 11.3 Å². The van der Waals surface area contributed by atoms with E-state index in [1.807, 2.05) is 42.8 Å². The van der Waals surface area contributed by atoms with Gasteiger partial charge in [0.1, 0.15) is 5.01 Å². The van der Waals surface area contributed by atoms with Gasteiger partial charge in [0.2, 0.25) is 0 Å². The van der Waals surface area contributed by atoms with Crippen molar-refractivity contribution >= 4 is 28.0 Å². The van der Waals surface area contributed by atoms with E-state index >= 15 is 0 Å². The van der Waals surface area contributed by atoms with Crippen molar-refractivity contribution in [3.05, 3.63) is 64.8 Å². The summed E-state index contributed by atoms with van der Waals surface area (Å²) in [6.07, 6.45) is 4.03. The van der Waals surface area contributed by atoms with E-state index in [1.54, 1.807) is 6.20 Å². The molecule has 0 saturated carbocycles. The van der Waals surface area contributed by atoms with E-state index in [1.165, 1.54) is 11.3 Å². The summed E-state index contributed by atoms with van der Waals surface area (Å²) in [5.74, 6) is 0.113. The van der Waals surface area contributed by atoms with Crippen LogP contribution in [0.15, 0.2) is 54.2 Å². The first-order chi connectivity index (χ1) is 10.1. The Morgan fingerprint density at radius 3 is 2.90 bits per heavy atom. The van der Waals surface area contributed by atoms with Gasteiger partial charge in [-0.2, -0.15) is 0 Å². The largest absolute Gasteiger partial charge is 0.343 e. The minimum atomic E-state index is 0.113. The maximum atomic E-state index is 12.6. The number of hydrogen-bond donors (Lipinski definition) is 0. The van der Waals surface area contributed by atoms with Crippen LogP contribution in [0.3, 0.4) is 0 Å². The number of ketones is 1. The van der Waals surface area contributed by atoms with E-state index in [9.17, 15) is 4.79 Å². The fraction of sp³-hybridized carbons (Fsp3) is 0.176. The second-order valence-corrected chi connectivity index (χ2v) is 6.15. The van der Waals surface area contributed by atoms with E-state index in [2.05, 4.69) is 16.1 Å². The average Bonchev–Trinajstić information content (AvgIpc) is 3.07. The first kappa shape index (κ1) is 13.8. The molecule has 3 aromatic rings. The van der Waals surface area contributed by atoms with Gasteiger partial charge in [0.25, 0.3) is 0 Å². The number of aromatic nitrogens is 2. The van der Waals surface area contributed by atoms with Gasteiger partial charge in [0.15, 0.2) is 5.78 Å². The summed E-state index contributed by atoms with van der Waals surface area (Å²) < 4.78 is 2.09. The Balaban J connectivity index is 2.01. The van der Waals surface area contributed by atoms with E-state index in [4.69, 9.17) is 0 Å². The molecule has 21 heavy (non-hydrogen) atoms. The number of para-hydroxylation sites is 1. The summed E-state index contributed by atoms with van der Waals surface area (Å²) in [5.41, 5.74) is 2.90. The molecule has 0 aliphatic rings. The molecule has 4 heteroatoms. The molecular weight excluding hydrogens is 280 g/mol. The van der Waals surface area contributed by atoms with Gasteiger partial charge >= 0.3 is 0 Å². The zero-order valence-electron chi connectivity index (χ0n) is 11.9. The molecule has 106 valence electrons. The van der Waals surface area contributed by atoms with Gasteiger partial charge in [-0.25, -0.2) is 4.98 Å². The third-order valence-electron chi connectivity index (χ3n) is 3.32. The molecule has 0 spiro atoms. The van der Waals surface area contributed by atoms with Crippen LogP contribution in [0, 0.1) is 0 Å². The zero-order valence-corrected chi connectivity index (χ0v) is 12.7. The number of carbonyl (C=O) groups excluding carboxylic acids is 1. The molecule has 0 atom stereocenters. The van der Waals surface area contributed by atoms with E-state index in [0.29, 0.717) is 6.42 Å². The van der Waals surface area contributed by atoms with Gasteiger partial charge in [-0.3, -0.25) is 4.79 Å². The second kappa shape index (κ2) is 5.66. The van der Waals surface area contributed by atoms with Crippen molar-refractivity contribution in [1.29, 1.82) is 0 Å². The Morgan fingerprint density at radius 1 is 1.38 bits per heavy atom. The smallest absolute Gasteiger partial charge is 0.171 e. The van der Waals surface area contributed by atoms with Crippen molar-refractivity contribution < 1.29 is 4.79 Å². The van der Waals surface area contributed by atoms with Gasteiger partial charge < -0.3 is 4.57 Å². The summed E-state index contributed by atoms with van der Waals surface area (Å²) in [5, 5.41) is 3.75. The van der Waals surface area contributed by atoms with Gasteiger partial charge in [0, 0.05) is 40.8 Å². The Bertz CT molecular complexity index is 799. The monoisotopic (exact) mass is 296 g/mol. The highest BCUT2D eigenvalue weighted by atomic mass is 32.1. The minimum Gasteiger partial charge on any atom is -0.343 e. The number of thiazole rings is 1. The highest BCUT2D eigenvalue weighted by Gasteiger charge is 2.16. The van der Waals surface area contributed by atoms with Gasteiger partial charge in [-0.05, 0) is 13.0 Å². The summed E-state index contributed by atoms with van der Waals surface area (Å²) in [4.78, 5) is 16.7. The molecule has 2 aromatic heterocycles. The maximum Gasteiger partial charge on any atom is 0.171 e. The van der Waals surface area contributed by atoms with Crippen LogP contribution >= 0.6 is 11.3 Å². The predicted octanol–water partition coefficient (Wildman–Crippen LogP) is 4.10. The summed E-state index contributed by atoms with van der Waals surface area (Å²) in [6, 6.07) is 8.00. The first-order valence-corrected chi connectivity index (χ1v) is 7.67. The number of nitrogens with zero attached hydrogens (tertiary/aromatic N) is 2. The van der Waals surface area contributed by atoms with E-state index in [0.717, 1.165) is 33.6 Å². The SMILES string of the molecule is C=C(C)Cn1cc(C(=O)Cc2nccs2)c2ccccc21. The molecule has 0 bridgehead atoms. The van der Waals surface area contributed by atoms with Crippen molar-refractivity contribution in [1.82, 2.24) is 9.55 Å². The minimum absolute atomic E-state index is 0.113. The molecule has 0 amide bonds. The standard InChI is InChI=1S/C17H16N2OS/c1-12(2)10-19-11-14(13-5-3-4-6-15(13)19)16(20)9-17-18-7-8-21-17/h3-8,11H,1,9-10H2,2H3. The molecule has 3 nitrogen and oxygen atoms in total. The van der Waals surface area contributed by atoms with Crippen molar-refractivity contribution in [2.75, 3.05) is 0 Å². The Labute approximate surface area is 127 Å². The predicted molar refractivity (Wildman–Crippen MR) is 86.9 cm³/mol. The van der Waals surface area contributed by atoms with E-state index < -0.39 is 0 Å². The molecule has 0 saturated heterocycles. The number of benzene rings is 1. The quantitative estimate of drug-likeness (QED) is 0.525. The lowest BCUT2D eigenvalue weighted by Crippen LogP contribution is -2.03.